The first-order chi connectivity index (χ1) is 8.53. The summed E-state index contributed by atoms with van der Waals surface area (Å²) >= 11 is 0. The number of benzene rings is 1. The van der Waals surface area contributed by atoms with Crippen LogP contribution in [0.25, 0.3) is 0 Å². The Bertz CT molecular complexity index is 590. The smallest absolute Gasteiger partial charge is 0.390 e. The van der Waals surface area contributed by atoms with Crippen LogP contribution in [0, 0.1) is 6.92 Å². The lowest BCUT2D eigenvalue weighted by molar-refractivity contribution is -0.129. The van der Waals surface area contributed by atoms with Crippen molar-refractivity contribution in [2.75, 3.05) is 5.75 Å². The van der Waals surface area contributed by atoms with Gasteiger partial charge in [0.2, 0.25) is 0 Å². The van der Waals surface area contributed by atoms with Gasteiger partial charge < -0.3 is 5.11 Å². The molecule has 0 saturated carbocycles. The molecular weight excluding hydrogens is 285 g/mol. The van der Waals surface area contributed by atoms with E-state index in [2.05, 4.69) is 0 Å². The monoisotopic (exact) mass is 296 g/mol. The maximum absolute atomic E-state index is 12.0. The summed E-state index contributed by atoms with van der Waals surface area (Å²) in [5.74, 6) is -2.43. The van der Waals surface area contributed by atoms with Crippen LogP contribution >= 0.6 is 0 Å². The number of halogens is 3. The van der Waals surface area contributed by atoms with Gasteiger partial charge in [-0.1, -0.05) is 6.07 Å². The van der Waals surface area contributed by atoms with Crippen molar-refractivity contribution < 1.29 is 31.5 Å². The quantitative estimate of drug-likeness (QED) is 0.926. The minimum Gasteiger partial charge on any atom is -0.478 e. The minimum absolute atomic E-state index is 0.243. The van der Waals surface area contributed by atoms with Crippen LogP contribution in [-0.4, -0.2) is 31.4 Å². The molecule has 0 saturated heterocycles. The Kier molecular flexibility index (Phi) is 4.24. The van der Waals surface area contributed by atoms with E-state index in [0.717, 1.165) is 12.1 Å². The lowest BCUT2D eigenvalue weighted by atomic mass is 10.1. The molecule has 0 radical (unpaired) electrons. The van der Waals surface area contributed by atoms with Gasteiger partial charge in [-0.3, -0.25) is 0 Å². The maximum Gasteiger partial charge on any atom is 0.390 e. The third-order valence-corrected chi connectivity index (χ3v) is 4.17. The van der Waals surface area contributed by atoms with Crippen LogP contribution in [0.5, 0.6) is 0 Å². The molecule has 106 valence electrons. The zero-order valence-electron chi connectivity index (χ0n) is 9.86. The van der Waals surface area contributed by atoms with Gasteiger partial charge in [0.15, 0.2) is 9.84 Å². The van der Waals surface area contributed by atoms with E-state index in [1.165, 1.54) is 13.0 Å². The van der Waals surface area contributed by atoms with Gasteiger partial charge >= 0.3 is 12.1 Å². The fourth-order valence-corrected chi connectivity index (χ4v) is 2.70. The molecule has 0 bridgehead atoms. The fraction of sp³-hybridized carbons (Fsp3) is 0.364. The summed E-state index contributed by atoms with van der Waals surface area (Å²) in [6.45, 7) is 1.47. The molecule has 0 spiro atoms. The third-order valence-electron chi connectivity index (χ3n) is 2.45. The first-order valence-electron chi connectivity index (χ1n) is 5.16. The van der Waals surface area contributed by atoms with Crippen molar-refractivity contribution in [1.82, 2.24) is 0 Å². The zero-order chi connectivity index (χ0) is 14.8. The van der Waals surface area contributed by atoms with Crippen LogP contribution in [0.3, 0.4) is 0 Å². The molecule has 0 aliphatic carbocycles. The molecule has 1 aromatic carbocycles. The highest BCUT2D eigenvalue weighted by molar-refractivity contribution is 7.91. The minimum atomic E-state index is -4.58. The number of aryl methyl sites for hydroxylation is 1. The van der Waals surface area contributed by atoms with Crippen molar-refractivity contribution in [3.8, 4) is 0 Å². The Balaban J connectivity index is 3.09. The molecular formula is C11H11F3O4S. The van der Waals surface area contributed by atoms with Gasteiger partial charge in [-0.25, -0.2) is 13.2 Å². The summed E-state index contributed by atoms with van der Waals surface area (Å²) in [5.41, 5.74) is 0.0929. The number of carbonyl (C=O) groups is 1. The number of carboxylic acids is 1. The predicted molar refractivity (Wildman–Crippen MR) is 60.9 cm³/mol. The molecule has 8 heteroatoms. The fourth-order valence-electron chi connectivity index (χ4n) is 1.39. The zero-order valence-corrected chi connectivity index (χ0v) is 10.7. The normalized spacial score (nSPS) is 12.4. The number of carboxylic acid groups (broad SMARTS) is 1. The van der Waals surface area contributed by atoms with Crippen LogP contribution < -0.4 is 0 Å². The highest BCUT2D eigenvalue weighted by Crippen LogP contribution is 2.23. The second kappa shape index (κ2) is 5.20. The van der Waals surface area contributed by atoms with Crippen molar-refractivity contribution in [2.45, 2.75) is 24.4 Å². The van der Waals surface area contributed by atoms with Gasteiger partial charge in [0, 0.05) is 0 Å². The third kappa shape index (κ3) is 4.23. The number of hydrogen-bond acceptors (Lipinski definition) is 3. The molecule has 0 aromatic heterocycles. The van der Waals surface area contributed by atoms with Crippen molar-refractivity contribution in [2.24, 2.45) is 0 Å². The van der Waals surface area contributed by atoms with Crippen molar-refractivity contribution in [3.63, 3.8) is 0 Å². The molecule has 0 heterocycles. The van der Waals surface area contributed by atoms with Gasteiger partial charge in [-0.15, -0.1) is 0 Å². The topological polar surface area (TPSA) is 71.4 Å². The van der Waals surface area contributed by atoms with E-state index in [-0.39, 0.29) is 5.56 Å². The SMILES string of the molecule is Cc1ccc(S(=O)(=O)CCC(F)(F)F)cc1C(=O)O. The summed E-state index contributed by atoms with van der Waals surface area (Å²) < 4.78 is 59.4. The van der Waals surface area contributed by atoms with Gasteiger partial charge in [0.1, 0.15) is 0 Å². The highest BCUT2D eigenvalue weighted by atomic mass is 32.2. The second-order valence-corrected chi connectivity index (χ2v) is 6.08. The highest BCUT2D eigenvalue weighted by Gasteiger charge is 2.30. The number of hydrogen-bond donors (Lipinski definition) is 1. The second-order valence-electron chi connectivity index (χ2n) is 3.97. The molecule has 19 heavy (non-hydrogen) atoms. The van der Waals surface area contributed by atoms with Gasteiger partial charge in [0.05, 0.1) is 22.6 Å². The molecule has 0 amide bonds. The van der Waals surface area contributed by atoms with Crippen LogP contribution in [0.2, 0.25) is 0 Å². The van der Waals surface area contributed by atoms with Crippen molar-refractivity contribution in [3.05, 3.63) is 29.3 Å². The molecule has 0 atom stereocenters. The maximum atomic E-state index is 12.0. The van der Waals surface area contributed by atoms with E-state index >= 15 is 0 Å². The first kappa shape index (κ1) is 15.5. The van der Waals surface area contributed by atoms with Gasteiger partial charge in [-0.05, 0) is 24.6 Å². The van der Waals surface area contributed by atoms with E-state index < -0.39 is 39.1 Å². The van der Waals surface area contributed by atoms with E-state index in [4.69, 9.17) is 5.11 Å². The van der Waals surface area contributed by atoms with Crippen LogP contribution in [0.1, 0.15) is 22.3 Å². The predicted octanol–water partition coefficient (Wildman–Crippen LogP) is 2.42. The standard InChI is InChI=1S/C11H11F3O4S/c1-7-2-3-8(6-9(7)10(15)16)19(17,18)5-4-11(12,13)14/h2-3,6H,4-5H2,1H3,(H,15,16). The molecule has 1 rings (SSSR count). The molecule has 0 aliphatic rings. The van der Waals surface area contributed by atoms with Crippen LogP contribution in [0.15, 0.2) is 23.1 Å². The summed E-state index contributed by atoms with van der Waals surface area (Å²) in [6, 6.07) is 3.24. The number of sulfone groups is 1. The number of aromatic carboxylic acids is 1. The number of alkyl halides is 3. The van der Waals surface area contributed by atoms with Crippen molar-refractivity contribution in [1.29, 1.82) is 0 Å². The summed E-state index contributed by atoms with van der Waals surface area (Å²) in [4.78, 5) is 10.4. The number of rotatable bonds is 4. The van der Waals surface area contributed by atoms with Crippen molar-refractivity contribution >= 4 is 15.8 Å². The summed E-state index contributed by atoms with van der Waals surface area (Å²) in [7, 11) is -4.15. The average Bonchev–Trinajstić information content (AvgIpc) is 2.25. The Morgan fingerprint density at radius 2 is 1.89 bits per heavy atom. The summed E-state index contributed by atoms with van der Waals surface area (Å²) in [5, 5.41) is 8.84. The summed E-state index contributed by atoms with van der Waals surface area (Å²) in [6.07, 6.45) is -6.04. The molecule has 1 N–H and O–H groups in total. The Labute approximate surface area is 107 Å². The Morgan fingerprint density at radius 3 is 2.37 bits per heavy atom. The molecule has 1 aromatic rings. The molecule has 0 fully saturated rings. The van der Waals surface area contributed by atoms with E-state index in [1.807, 2.05) is 0 Å². The van der Waals surface area contributed by atoms with Gasteiger partial charge in [0.25, 0.3) is 0 Å². The van der Waals surface area contributed by atoms with E-state index in [0.29, 0.717) is 5.56 Å². The lowest BCUT2D eigenvalue weighted by Crippen LogP contribution is -2.17. The van der Waals surface area contributed by atoms with E-state index in [9.17, 15) is 26.4 Å². The molecule has 0 unspecified atom stereocenters. The largest absolute Gasteiger partial charge is 0.478 e. The molecule has 0 aliphatic heterocycles. The van der Waals surface area contributed by atoms with Crippen LogP contribution in [0.4, 0.5) is 13.2 Å². The van der Waals surface area contributed by atoms with Crippen LogP contribution in [-0.2, 0) is 9.84 Å². The Morgan fingerprint density at radius 1 is 1.32 bits per heavy atom. The van der Waals surface area contributed by atoms with Gasteiger partial charge in [-0.2, -0.15) is 13.2 Å². The Hall–Kier alpha value is -1.57. The lowest BCUT2D eigenvalue weighted by Gasteiger charge is -2.09. The molecule has 4 nitrogen and oxygen atoms in total. The first-order valence-corrected chi connectivity index (χ1v) is 6.81. The average molecular weight is 296 g/mol. The van der Waals surface area contributed by atoms with E-state index in [1.54, 1.807) is 0 Å².